The van der Waals surface area contributed by atoms with Gasteiger partial charge in [0.25, 0.3) is 11.1 Å². The molecule has 6 nitrogen and oxygen atoms in total. The predicted octanol–water partition coefficient (Wildman–Crippen LogP) is 4.03. The largest absolute Gasteiger partial charge is 0.411 e. The molecule has 3 aromatic rings. The molecule has 0 unspecified atom stereocenters. The van der Waals surface area contributed by atoms with E-state index in [0.717, 1.165) is 36.6 Å². The fourth-order valence-corrected chi connectivity index (χ4v) is 4.73. The van der Waals surface area contributed by atoms with E-state index in [-0.39, 0.29) is 28.3 Å². The number of nitrogens with zero attached hydrogens (tertiary/aromatic N) is 3. The zero-order valence-corrected chi connectivity index (χ0v) is 15.6. The number of nitriles is 1. The summed E-state index contributed by atoms with van der Waals surface area (Å²) in [6, 6.07) is 8.30. The molecular formula is C18H13FN4O2S2. The number of hydrogen-bond acceptors (Lipinski definition) is 7. The maximum atomic E-state index is 13.8. The Bertz CT molecular complexity index is 1050. The van der Waals surface area contributed by atoms with Gasteiger partial charge in [-0.05, 0) is 37.0 Å². The molecule has 0 saturated heterocycles. The van der Waals surface area contributed by atoms with Crippen LogP contribution in [0.15, 0.2) is 33.9 Å². The third-order valence-corrected chi connectivity index (χ3v) is 6.15. The minimum atomic E-state index is -0.454. The Morgan fingerprint density at radius 3 is 3.04 bits per heavy atom. The lowest BCUT2D eigenvalue weighted by molar-refractivity contribution is -0.113. The van der Waals surface area contributed by atoms with Crippen LogP contribution in [0.3, 0.4) is 0 Å². The number of fused-ring (bicyclic) bond motifs is 1. The molecule has 0 aliphatic heterocycles. The quantitative estimate of drug-likeness (QED) is 0.650. The summed E-state index contributed by atoms with van der Waals surface area (Å²) in [7, 11) is 0. The van der Waals surface area contributed by atoms with E-state index < -0.39 is 5.82 Å². The third kappa shape index (κ3) is 3.59. The number of amides is 1. The molecule has 1 N–H and O–H groups in total. The molecule has 0 saturated carbocycles. The maximum absolute atomic E-state index is 13.8. The average Bonchev–Trinajstić information content (AvgIpc) is 3.36. The standard InChI is InChI=1S/C18H13FN4O2S2/c19-13-6-2-1-4-11(13)16-22-23-18(25-16)26-9-15(24)21-17-12(8-20)10-5-3-7-14(10)27-17/h1-2,4,6H,3,5,7,9H2,(H,21,24). The zero-order valence-electron chi connectivity index (χ0n) is 14.0. The Hall–Kier alpha value is -2.70. The average molecular weight is 400 g/mol. The maximum Gasteiger partial charge on any atom is 0.277 e. The summed E-state index contributed by atoms with van der Waals surface area (Å²) in [6.07, 6.45) is 2.90. The van der Waals surface area contributed by atoms with Crippen molar-refractivity contribution in [2.24, 2.45) is 0 Å². The number of hydrogen-bond donors (Lipinski definition) is 1. The van der Waals surface area contributed by atoms with Gasteiger partial charge in [-0.25, -0.2) is 4.39 Å². The van der Waals surface area contributed by atoms with Crippen molar-refractivity contribution in [3.8, 4) is 17.5 Å². The van der Waals surface area contributed by atoms with Crippen LogP contribution in [0.4, 0.5) is 9.39 Å². The van der Waals surface area contributed by atoms with Crippen molar-refractivity contribution in [2.45, 2.75) is 24.5 Å². The van der Waals surface area contributed by atoms with Crippen LogP contribution in [0.1, 0.15) is 22.4 Å². The van der Waals surface area contributed by atoms with Crippen LogP contribution in [0, 0.1) is 17.1 Å². The zero-order chi connectivity index (χ0) is 18.8. The highest BCUT2D eigenvalue weighted by Crippen LogP contribution is 2.38. The van der Waals surface area contributed by atoms with E-state index in [9.17, 15) is 14.4 Å². The smallest absolute Gasteiger partial charge is 0.277 e. The number of benzene rings is 1. The van der Waals surface area contributed by atoms with Crippen molar-refractivity contribution >= 4 is 34.0 Å². The van der Waals surface area contributed by atoms with Crippen LogP contribution >= 0.6 is 23.1 Å². The number of aryl methyl sites for hydroxylation is 1. The summed E-state index contributed by atoms with van der Waals surface area (Å²) in [5.41, 5.74) is 1.86. The molecule has 2 aromatic heterocycles. The van der Waals surface area contributed by atoms with Crippen LogP contribution in [0.5, 0.6) is 0 Å². The second kappa shape index (κ2) is 7.50. The van der Waals surface area contributed by atoms with Crippen molar-refractivity contribution in [3.05, 3.63) is 46.1 Å². The monoisotopic (exact) mass is 400 g/mol. The SMILES string of the molecule is N#Cc1c(NC(=O)CSc2nnc(-c3ccccc3F)o2)sc2c1CCC2. The highest BCUT2D eigenvalue weighted by Gasteiger charge is 2.23. The van der Waals surface area contributed by atoms with E-state index in [1.54, 1.807) is 18.2 Å². The Balaban J connectivity index is 1.39. The lowest BCUT2D eigenvalue weighted by atomic mass is 10.1. The Morgan fingerprint density at radius 1 is 1.37 bits per heavy atom. The van der Waals surface area contributed by atoms with E-state index in [1.807, 2.05) is 0 Å². The Kier molecular flexibility index (Phi) is 4.92. The number of halogens is 1. The molecule has 0 spiro atoms. The molecule has 4 rings (SSSR count). The Morgan fingerprint density at radius 2 is 2.22 bits per heavy atom. The second-order valence-electron chi connectivity index (χ2n) is 5.86. The summed E-state index contributed by atoms with van der Waals surface area (Å²) < 4.78 is 19.2. The molecule has 1 aliphatic carbocycles. The molecule has 0 fully saturated rings. The van der Waals surface area contributed by atoms with Gasteiger partial charge in [-0.3, -0.25) is 4.79 Å². The van der Waals surface area contributed by atoms with Gasteiger partial charge in [0.2, 0.25) is 5.91 Å². The van der Waals surface area contributed by atoms with Gasteiger partial charge in [-0.15, -0.1) is 21.5 Å². The molecule has 2 heterocycles. The van der Waals surface area contributed by atoms with Crippen molar-refractivity contribution in [1.82, 2.24) is 10.2 Å². The fraction of sp³-hybridized carbons (Fsp3) is 0.222. The first-order valence-corrected chi connectivity index (χ1v) is 10.0. The molecule has 0 bridgehead atoms. The molecule has 0 radical (unpaired) electrons. The van der Waals surface area contributed by atoms with Gasteiger partial charge in [0.1, 0.15) is 16.9 Å². The van der Waals surface area contributed by atoms with Gasteiger partial charge >= 0.3 is 0 Å². The van der Waals surface area contributed by atoms with E-state index in [1.165, 1.54) is 22.3 Å². The first-order valence-electron chi connectivity index (χ1n) is 8.21. The number of anilines is 1. The first-order chi connectivity index (χ1) is 13.2. The number of rotatable bonds is 5. The predicted molar refractivity (Wildman–Crippen MR) is 100 cm³/mol. The number of carbonyl (C=O) groups is 1. The first kappa shape index (κ1) is 17.7. The van der Waals surface area contributed by atoms with Crippen LogP contribution < -0.4 is 5.32 Å². The topological polar surface area (TPSA) is 91.8 Å². The third-order valence-electron chi connectivity index (χ3n) is 4.12. The van der Waals surface area contributed by atoms with Gasteiger partial charge in [0.05, 0.1) is 16.9 Å². The van der Waals surface area contributed by atoms with E-state index in [2.05, 4.69) is 21.6 Å². The van der Waals surface area contributed by atoms with E-state index in [4.69, 9.17) is 4.42 Å². The van der Waals surface area contributed by atoms with Gasteiger partial charge in [0.15, 0.2) is 0 Å². The molecule has 1 aromatic carbocycles. The van der Waals surface area contributed by atoms with Crippen LogP contribution in [0.25, 0.3) is 11.5 Å². The number of thiophene rings is 1. The van der Waals surface area contributed by atoms with Crippen molar-refractivity contribution < 1.29 is 13.6 Å². The number of thioether (sulfide) groups is 1. The number of nitrogens with one attached hydrogen (secondary N) is 1. The molecular weight excluding hydrogens is 387 g/mol. The van der Waals surface area contributed by atoms with Crippen molar-refractivity contribution in [1.29, 1.82) is 5.26 Å². The number of carbonyl (C=O) groups excluding carboxylic acids is 1. The minimum absolute atomic E-state index is 0.0480. The normalized spacial score (nSPS) is 12.6. The molecule has 1 aliphatic rings. The molecule has 9 heteroatoms. The summed E-state index contributed by atoms with van der Waals surface area (Å²) in [5, 5.41) is 20.6. The lowest BCUT2D eigenvalue weighted by Gasteiger charge is -2.02. The van der Waals surface area contributed by atoms with E-state index >= 15 is 0 Å². The van der Waals surface area contributed by atoms with Crippen LogP contribution in [-0.2, 0) is 17.6 Å². The van der Waals surface area contributed by atoms with Gasteiger partial charge in [0, 0.05) is 4.88 Å². The highest BCUT2D eigenvalue weighted by atomic mass is 32.2. The fourth-order valence-electron chi connectivity index (χ4n) is 2.91. The van der Waals surface area contributed by atoms with Gasteiger partial charge in [-0.1, -0.05) is 23.9 Å². The van der Waals surface area contributed by atoms with Crippen molar-refractivity contribution in [2.75, 3.05) is 11.1 Å². The van der Waals surface area contributed by atoms with Gasteiger partial charge < -0.3 is 9.73 Å². The van der Waals surface area contributed by atoms with E-state index in [0.29, 0.717) is 10.6 Å². The molecule has 0 atom stereocenters. The number of aromatic nitrogens is 2. The molecule has 1 amide bonds. The second-order valence-corrected chi connectivity index (χ2v) is 7.89. The molecule has 27 heavy (non-hydrogen) atoms. The van der Waals surface area contributed by atoms with Gasteiger partial charge in [-0.2, -0.15) is 5.26 Å². The summed E-state index contributed by atoms with van der Waals surface area (Å²) >= 11 is 2.53. The lowest BCUT2D eigenvalue weighted by Crippen LogP contribution is -2.14. The highest BCUT2D eigenvalue weighted by molar-refractivity contribution is 7.99. The molecule has 136 valence electrons. The Labute approximate surface area is 162 Å². The van der Waals surface area contributed by atoms with Crippen LogP contribution in [-0.4, -0.2) is 21.9 Å². The van der Waals surface area contributed by atoms with Crippen LogP contribution in [0.2, 0.25) is 0 Å². The summed E-state index contributed by atoms with van der Waals surface area (Å²) in [4.78, 5) is 13.4. The van der Waals surface area contributed by atoms with Crippen molar-refractivity contribution in [3.63, 3.8) is 0 Å². The minimum Gasteiger partial charge on any atom is -0.411 e. The summed E-state index contributed by atoms with van der Waals surface area (Å²) in [5.74, 6) is -0.600. The summed E-state index contributed by atoms with van der Waals surface area (Å²) in [6.45, 7) is 0.